The molecule has 1 aliphatic heterocycles. The topological polar surface area (TPSA) is 66.8 Å². The Morgan fingerprint density at radius 3 is 2.31 bits per heavy atom. The zero-order chi connectivity index (χ0) is 22.8. The minimum absolute atomic E-state index is 0.0423. The number of halogens is 2. The molecule has 1 unspecified atom stereocenters. The molecule has 1 fully saturated rings. The van der Waals surface area contributed by atoms with Gasteiger partial charge in [-0.1, -0.05) is 59.6 Å². The van der Waals surface area contributed by atoms with Gasteiger partial charge in [-0.15, -0.1) is 0 Å². The van der Waals surface area contributed by atoms with Crippen LogP contribution in [0.25, 0.3) is 5.76 Å². The maximum absolute atomic E-state index is 13.2. The normalized spacial score (nSPS) is 17.6. The van der Waals surface area contributed by atoms with Crippen LogP contribution in [0.2, 0.25) is 10.0 Å². The standard InChI is InChI=1S/C25H19Cl2NO4/c1-2-32-18-11-9-17(10-12-18)28-22(19-13-8-16(26)14-20(19)27)21(24(30)25(28)31)23(29)15-6-4-3-5-7-15/h3-14,22,29H,2H2,1H3/b23-21-. The summed E-state index contributed by atoms with van der Waals surface area (Å²) in [5, 5.41) is 11.7. The van der Waals surface area contributed by atoms with Crippen LogP contribution in [0.3, 0.4) is 0 Å². The van der Waals surface area contributed by atoms with Crippen molar-refractivity contribution in [2.24, 2.45) is 0 Å². The van der Waals surface area contributed by atoms with Crippen molar-refractivity contribution in [1.82, 2.24) is 0 Å². The maximum atomic E-state index is 13.2. The predicted molar refractivity (Wildman–Crippen MR) is 125 cm³/mol. The molecule has 1 saturated heterocycles. The molecule has 0 radical (unpaired) electrons. The van der Waals surface area contributed by atoms with Crippen LogP contribution in [0, 0.1) is 0 Å². The van der Waals surface area contributed by atoms with E-state index in [1.54, 1.807) is 72.8 Å². The summed E-state index contributed by atoms with van der Waals surface area (Å²) in [5.74, 6) is -1.19. The number of rotatable bonds is 5. The molecular weight excluding hydrogens is 449 g/mol. The van der Waals surface area contributed by atoms with Crippen molar-refractivity contribution < 1.29 is 19.4 Å². The second-order valence-electron chi connectivity index (χ2n) is 7.13. The van der Waals surface area contributed by atoms with Gasteiger partial charge in [-0.05, 0) is 48.9 Å². The van der Waals surface area contributed by atoms with Crippen molar-refractivity contribution in [2.45, 2.75) is 13.0 Å². The number of carbonyl (C=O) groups is 2. The summed E-state index contributed by atoms with van der Waals surface area (Å²) < 4.78 is 5.48. The molecule has 0 bridgehead atoms. The zero-order valence-corrected chi connectivity index (χ0v) is 18.6. The van der Waals surface area contributed by atoms with Gasteiger partial charge in [-0.3, -0.25) is 14.5 Å². The molecule has 0 spiro atoms. The van der Waals surface area contributed by atoms with Crippen molar-refractivity contribution in [3.63, 3.8) is 0 Å². The summed E-state index contributed by atoms with van der Waals surface area (Å²) in [5.41, 5.74) is 1.33. The Hall–Kier alpha value is -3.28. The first-order valence-corrected chi connectivity index (χ1v) is 10.7. The molecule has 5 nitrogen and oxygen atoms in total. The lowest BCUT2D eigenvalue weighted by Crippen LogP contribution is -2.29. The highest BCUT2D eigenvalue weighted by Crippen LogP contribution is 2.44. The number of nitrogens with zero attached hydrogens (tertiary/aromatic N) is 1. The highest BCUT2D eigenvalue weighted by atomic mass is 35.5. The number of ether oxygens (including phenoxy) is 1. The molecule has 162 valence electrons. The summed E-state index contributed by atoms with van der Waals surface area (Å²) in [6.45, 7) is 2.37. The van der Waals surface area contributed by atoms with E-state index in [0.717, 1.165) is 0 Å². The van der Waals surface area contributed by atoms with Gasteiger partial charge in [0.25, 0.3) is 11.7 Å². The monoisotopic (exact) mass is 467 g/mol. The number of ketones is 1. The van der Waals surface area contributed by atoms with Crippen LogP contribution in [0.4, 0.5) is 5.69 Å². The molecule has 0 saturated carbocycles. The first-order chi connectivity index (χ1) is 15.4. The van der Waals surface area contributed by atoms with Crippen molar-refractivity contribution in [3.05, 3.63) is 99.5 Å². The summed E-state index contributed by atoms with van der Waals surface area (Å²) in [6.07, 6.45) is 0. The van der Waals surface area contributed by atoms with Gasteiger partial charge >= 0.3 is 0 Å². The lowest BCUT2D eigenvalue weighted by Gasteiger charge is -2.26. The Morgan fingerprint density at radius 2 is 1.69 bits per heavy atom. The molecule has 4 rings (SSSR count). The first-order valence-electron chi connectivity index (χ1n) is 9.96. The Bertz CT molecular complexity index is 1210. The molecule has 1 heterocycles. The van der Waals surface area contributed by atoms with Gasteiger partial charge in [-0.2, -0.15) is 0 Å². The number of aliphatic hydroxyl groups is 1. The van der Waals surface area contributed by atoms with E-state index in [4.69, 9.17) is 27.9 Å². The minimum atomic E-state index is -0.932. The van der Waals surface area contributed by atoms with Crippen molar-refractivity contribution in [3.8, 4) is 5.75 Å². The molecule has 32 heavy (non-hydrogen) atoms. The number of hydrogen-bond acceptors (Lipinski definition) is 4. The predicted octanol–water partition coefficient (Wildman–Crippen LogP) is 6.02. The largest absolute Gasteiger partial charge is 0.507 e. The number of amides is 1. The van der Waals surface area contributed by atoms with Crippen molar-refractivity contribution in [1.29, 1.82) is 0 Å². The van der Waals surface area contributed by atoms with Crippen LogP contribution < -0.4 is 9.64 Å². The Kier molecular flexibility index (Phi) is 6.21. The number of benzene rings is 3. The summed E-state index contributed by atoms with van der Waals surface area (Å²) >= 11 is 12.6. The van der Waals surface area contributed by atoms with Crippen LogP contribution in [0.5, 0.6) is 5.75 Å². The van der Waals surface area contributed by atoms with Gasteiger partial charge in [0.05, 0.1) is 18.2 Å². The molecule has 1 aliphatic rings. The SMILES string of the molecule is CCOc1ccc(N2C(=O)C(=O)/C(=C(\O)c3ccccc3)C2c2ccc(Cl)cc2Cl)cc1. The van der Waals surface area contributed by atoms with Gasteiger partial charge < -0.3 is 9.84 Å². The third-order valence-electron chi connectivity index (χ3n) is 5.17. The van der Waals surface area contributed by atoms with Crippen LogP contribution in [-0.4, -0.2) is 23.4 Å². The van der Waals surface area contributed by atoms with E-state index < -0.39 is 17.7 Å². The Morgan fingerprint density at radius 1 is 1.00 bits per heavy atom. The number of anilines is 1. The van der Waals surface area contributed by atoms with Crippen molar-refractivity contribution >= 4 is 46.3 Å². The molecule has 3 aromatic rings. The third-order valence-corrected chi connectivity index (χ3v) is 5.74. The average Bonchev–Trinajstić information content (AvgIpc) is 3.05. The van der Waals surface area contributed by atoms with E-state index in [9.17, 15) is 14.7 Å². The van der Waals surface area contributed by atoms with Crippen LogP contribution in [0.15, 0.2) is 78.4 Å². The molecule has 7 heteroatoms. The third kappa shape index (κ3) is 3.97. The molecule has 1 atom stereocenters. The summed E-state index contributed by atoms with van der Waals surface area (Å²) in [7, 11) is 0. The highest BCUT2D eigenvalue weighted by molar-refractivity contribution is 6.52. The van der Waals surface area contributed by atoms with Gasteiger partial charge in [0.1, 0.15) is 11.5 Å². The van der Waals surface area contributed by atoms with Gasteiger partial charge in [0.2, 0.25) is 0 Å². The van der Waals surface area contributed by atoms with E-state index in [2.05, 4.69) is 0 Å². The lowest BCUT2D eigenvalue weighted by atomic mass is 9.95. The first kappa shape index (κ1) is 21.9. The number of hydrogen-bond donors (Lipinski definition) is 1. The van der Waals surface area contributed by atoms with Crippen LogP contribution >= 0.6 is 23.2 Å². The fourth-order valence-corrected chi connectivity index (χ4v) is 4.25. The van der Waals surface area contributed by atoms with Gasteiger partial charge in [-0.25, -0.2) is 0 Å². The fraction of sp³-hybridized carbons (Fsp3) is 0.120. The van der Waals surface area contributed by atoms with Gasteiger partial charge in [0.15, 0.2) is 0 Å². The Balaban J connectivity index is 1.92. The smallest absolute Gasteiger partial charge is 0.300 e. The van der Waals surface area contributed by atoms with Gasteiger partial charge in [0, 0.05) is 21.3 Å². The molecule has 1 N–H and O–H groups in total. The molecule has 0 aliphatic carbocycles. The second kappa shape index (κ2) is 9.07. The number of aliphatic hydroxyl groups excluding tert-OH is 1. The lowest BCUT2D eigenvalue weighted by molar-refractivity contribution is -0.132. The van der Waals surface area contributed by atoms with E-state index in [1.807, 2.05) is 6.92 Å². The number of Topliss-reactive ketones (excluding diaryl/α,β-unsaturated/α-hetero) is 1. The maximum Gasteiger partial charge on any atom is 0.300 e. The molecule has 1 amide bonds. The minimum Gasteiger partial charge on any atom is -0.507 e. The van der Waals surface area contributed by atoms with E-state index >= 15 is 0 Å². The zero-order valence-electron chi connectivity index (χ0n) is 17.1. The number of carbonyl (C=O) groups excluding carboxylic acids is 2. The fourth-order valence-electron chi connectivity index (χ4n) is 3.74. The van der Waals surface area contributed by atoms with E-state index in [-0.39, 0.29) is 16.4 Å². The van der Waals surface area contributed by atoms with E-state index in [1.165, 1.54) is 4.90 Å². The molecule has 0 aromatic heterocycles. The summed E-state index contributed by atoms with van der Waals surface area (Å²) in [6, 6.07) is 19.3. The molecule has 3 aromatic carbocycles. The van der Waals surface area contributed by atoms with Crippen LogP contribution in [0.1, 0.15) is 24.1 Å². The summed E-state index contributed by atoms with van der Waals surface area (Å²) in [4.78, 5) is 27.6. The van der Waals surface area contributed by atoms with Crippen LogP contribution in [-0.2, 0) is 9.59 Å². The average molecular weight is 468 g/mol. The Labute approximate surface area is 195 Å². The molecular formula is C25H19Cl2NO4. The van der Waals surface area contributed by atoms with E-state index in [0.29, 0.717) is 34.2 Å². The highest BCUT2D eigenvalue weighted by Gasteiger charge is 2.47. The van der Waals surface area contributed by atoms with Crippen molar-refractivity contribution in [2.75, 3.05) is 11.5 Å². The quantitative estimate of drug-likeness (QED) is 0.283. The second-order valence-corrected chi connectivity index (χ2v) is 7.97.